The van der Waals surface area contributed by atoms with Gasteiger partial charge >= 0.3 is 0 Å². The lowest BCUT2D eigenvalue weighted by molar-refractivity contribution is -0.137. The first-order valence-corrected chi connectivity index (χ1v) is 10.6. The van der Waals surface area contributed by atoms with E-state index in [0.717, 1.165) is 57.4 Å². The van der Waals surface area contributed by atoms with Crippen LogP contribution in [0.25, 0.3) is 11.4 Å². The third kappa shape index (κ3) is 4.61. The van der Waals surface area contributed by atoms with Gasteiger partial charge in [0.2, 0.25) is 17.6 Å². The molecule has 2 aliphatic heterocycles. The predicted molar refractivity (Wildman–Crippen MR) is 108 cm³/mol. The van der Waals surface area contributed by atoms with E-state index in [2.05, 4.69) is 39.0 Å². The van der Waals surface area contributed by atoms with Crippen molar-refractivity contribution in [2.75, 3.05) is 26.2 Å². The van der Waals surface area contributed by atoms with E-state index in [-0.39, 0.29) is 5.92 Å². The summed E-state index contributed by atoms with van der Waals surface area (Å²) in [6.07, 6.45) is 6.69. The van der Waals surface area contributed by atoms with E-state index in [4.69, 9.17) is 4.52 Å². The Balaban J connectivity index is 1.29. The molecule has 4 rings (SSSR count). The number of aromatic nitrogens is 2. The minimum Gasteiger partial charge on any atom is -0.342 e. The van der Waals surface area contributed by atoms with Gasteiger partial charge in [-0.15, -0.1) is 0 Å². The fourth-order valence-electron chi connectivity index (χ4n) is 4.30. The number of carbonyl (C=O) groups excluding carboxylic acids is 1. The highest BCUT2D eigenvalue weighted by Crippen LogP contribution is 2.23. The van der Waals surface area contributed by atoms with Crippen molar-refractivity contribution < 1.29 is 9.32 Å². The Morgan fingerprint density at radius 1 is 1.11 bits per heavy atom. The van der Waals surface area contributed by atoms with Gasteiger partial charge in [-0.3, -0.25) is 9.69 Å². The fraction of sp³-hybridized carbons (Fsp3) is 0.591. The summed E-state index contributed by atoms with van der Waals surface area (Å²) in [4.78, 5) is 21.8. The van der Waals surface area contributed by atoms with Crippen LogP contribution in [0, 0.1) is 12.8 Å². The topological polar surface area (TPSA) is 62.5 Å². The maximum Gasteiger partial charge on any atom is 0.241 e. The summed E-state index contributed by atoms with van der Waals surface area (Å²) in [5, 5.41) is 4.13. The fourth-order valence-corrected chi connectivity index (χ4v) is 4.30. The van der Waals surface area contributed by atoms with Crippen LogP contribution >= 0.6 is 0 Å². The van der Waals surface area contributed by atoms with Gasteiger partial charge in [0.1, 0.15) is 0 Å². The van der Waals surface area contributed by atoms with Gasteiger partial charge in [0.25, 0.3) is 0 Å². The van der Waals surface area contributed by atoms with E-state index >= 15 is 0 Å². The number of nitrogens with zero attached hydrogens (tertiary/aromatic N) is 4. The van der Waals surface area contributed by atoms with E-state index in [1.807, 2.05) is 12.1 Å². The first-order valence-electron chi connectivity index (χ1n) is 10.6. The summed E-state index contributed by atoms with van der Waals surface area (Å²) >= 11 is 0. The molecule has 1 aromatic heterocycles. The van der Waals surface area contributed by atoms with Crippen molar-refractivity contribution >= 4 is 5.91 Å². The number of amides is 1. The van der Waals surface area contributed by atoms with Crippen LogP contribution in [-0.2, 0) is 11.3 Å². The summed E-state index contributed by atoms with van der Waals surface area (Å²) in [6, 6.07) is 8.13. The molecule has 2 aliphatic rings. The average Bonchev–Trinajstić information content (AvgIpc) is 3.00. The molecular formula is C22H30N4O2. The van der Waals surface area contributed by atoms with Gasteiger partial charge < -0.3 is 9.42 Å². The number of rotatable bonds is 4. The van der Waals surface area contributed by atoms with Gasteiger partial charge in [-0.2, -0.15) is 4.98 Å². The summed E-state index contributed by atoms with van der Waals surface area (Å²) < 4.78 is 5.47. The van der Waals surface area contributed by atoms with Crippen LogP contribution in [0.2, 0.25) is 0 Å². The molecule has 6 nitrogen and oxygen atoms in total. The first-order chi connectivity index (χ1) is 13.7. The minimum absolute atomic E-state index is 0.180. The van der Waals surface area contributed by atoms with E-state index < -0.39 is 0 Å². The lowest BCUT2D eigenvalue weighted by Gasteiger charge is -2.33. The van der Waals surface area contributed by atoms with Crippen molar-refractivity contribution in [3.63, 3.8) is 0 Å². The zero-order valence-electron chi connectivity index (χ0n) is 16.8. The Kier molecular flexibility index (Phi) is 6.05. The zero-order valence-corrected chi connectivity index (χ0v) is 16.8. The molecule has 28 heavy (non-hydrogen) atoms. The quantitative estimate of drug-likeness (QED) is 0.807. The van der Waals surface area contributed by atoms with Crippen LogP contribution in [-0.4, -0.2) is 52.0 Å². The minimum atomic E-state index is 0.180. The van der Waals surface area contributed by atoms with Gasteiger partial charge in [-0.25, -0.2) is 0 Å². The molecular weight excluding hydrogens is 352 g/mol. The van der Waals surface area contributed by atoms with E-state index in [1.165, 1.54) is 18.4 Å². The van der Waals surface area contributed by atoms with Crippen molar-refractivity contribution in [1.29, 1.82) is 0 Å². The highest BCUT2D eigenvalue weighted by Gasteiger charge is 2.29. The third-order valence-corrected chi connectivity index (χ3v) is 5.96. The van der Waals surface area contributed by atoms with Gasteiger partial charge in [0, 0.05) is 24.6 Å². The predicted octanol–water partition coefficient (Wildman–Crippen LogP) is 3.66. The molecule has 0 spiro atoms. The van der Waals surface area contributed by atoms with Crippen LogP contribution in [0.3, 0.4) is 0 Å². The van der Waals surface area contributed by atoms with Crippen molar-refractivity contribution in [3.05, 3.63) is 35.7 Å². The maximum absolute atomic E-state index is 12.8. The van der Waals surface area contributed by atoms with Crippen molar-refractivity contribution in [2.45, 2.75) is 52.0 Å². The molecule has 2 aromatic rings. The lowest BCUT2D eigenvalue weighted by atomic mass is 9.95. The Bertz CT molecular complexity index is 787. The smallest absolute Gasteiger partial charge is 0.241 e. The molecule has 6 heteroatoms. The highest BCUT2D eigenvalue weighted by molar-refractivity contribution is 5.79. The van der Waals surface area contributed by atoms with Gasteiger partial charge in [0.05, 0.1) is 6.54 Å². The zero-order chi connectivity index (χ0) is 19.3. The molecule has 2 saturated heterocycles. The molecule has 0 atom stereocenters. The number of hydrogen-bond acceptors (Lipinski definition) is 5. The number of benzene rings is 1. The van der Waals surface area contributed by atoms with Crippen molar-refractivity contribution in [1.82, 2.24) is 19.9 Å². The second-order valence-corrected chi connectivity index (χ2v) is 8.17. The Morgan fingerprint density at radius 3 is 2.57 bits per heavy atom. The SMILES string of the molecule is Cc1cccc(-c2noc(CN3CCC(C(=O)N4CCCCCC4)CC3)n2)c1. The van der Waals surface area contributed by atoms with E-state index in [1.54, 1.807) is 0 Å². The second-order valence-electron chi connectivity index (χ2n) is 8.17. The van der Waals surface area contributed by atoms with Gasteiger partial charge in [0.15, 0.2) is 0 Å². The summed E-state index contributed by atoms with van der Waals surface area (Å²) in [7, 11) is 0. The number of likely N-dealkylation sites (tertiary alicyclic amines) is 2. The highest BCUT2D eigenvalue weighted by atomic mass is 16.5. The average molecular weight is 383 g/mol. The van der Waals surface area contributed by atoms with Crippen LogP contribution in [0.4, 0.5) is 0 Å². The monoisotopic (exact) mass is 382 g/mol. The lowest BCUT2D eigenvalue weighted by Crippen LogP contribution is -2.42. The largest absolute Gasteiger partial charge is 0.342 e. The van der Waals surface area contributed by atoms with Gasteiger partial charge in [-0.05, 0) is 51.8 Å². The summed E-state index contributed by atoms with van der Waals surface area (Å²) in [5.74, 6) is 1.85. The molecule has 1 aromatic carbocycles. The van der Waals surface area contributed by atoms with Crippen LogP contribution in [0.5, 0.6) is 0 Å². The normalized spacial score (nSPS) is 19.5. The second kappa shape index (κ2) is 8.86. The van der Waals surface area contributed by atoms with Crippen molar-refractivity contribution in [2.24, 2.45) is 5.92 Å². The molecule has 0 radical (unpaired) electrons. The first kappa shape index (κ1) is 19.1. The third-order valence-electron chi connectivity index (χ3n) is 5.96. The van der Waals surface area contributed by atoms with Crippen molar-refractivity contribution in [3.8, 4) is 11.4 Å². The van der Waals surface area contributed by atoms with E-state index in [0.29, 0.717) is 24.2 Å². The molecule has 0 unspecified atom stereocenters. The molecule has 150 valence electrons. The molecule has 0 N–H and O–H groups in total. The maximum atomic E-state index is 12.8. The Labute approximate surface area is 166 Å². The standard InChI is InChI=1S/C22H30N4O2/c1-17-7-6-8-19(15-17)21-23-20(28-24-21)16-25-13-9-18(10-14-25)22(27)26-11-4-2-3-5-12-26/h6-8,15,18H,2-5,9-14,16H2,1H3. The van der Waals surface area contributed by atoms with Gasteiger partial charge in [-0.1, -0.05) is 41.8 Å². The Hall–Kier alpha value is -2.21. The molecule has 0 aliphatic carbocycles. The number of piperidine rings is 1. The van der Waals surface area contributed by atoms with Crippen LogP contribution < -0.4 is 0 Å². The molecule has 0 bridgehead atoms. The molecule has 1 amide bonds. The molecule has 2 fully saturated rings. The number of hydrogen-bond donors (Lipinski definition) is 0. The Morgan fingerprint density at radius 2 is 1.86 bits per heavy atom. The van der Waals surface area contributed by atoms with Crippen LogP contribution in [0.15, 0.2) is 28.8 Å². The number of aryl methyl sites for hydroxylation is 1. The van der Waals surface area contributed by atoms with E-state index in [9.17, 15) is 4.79 Å². The number of carbonyl (C=O) groups is 1. The summed E-state index contributed by atoms with van der Waals surface area (Å²) in [5.41, 5.74) is 2.16. The van der Waals surface area contributed by atoms with Crippen LogP contribution in [0.1, 0.15) is 50.0 Å². The summed E-state index contributed by atoms with van der Waals surface area (Å²) in [6.45, 7) is 6.43. The molecule has 3 heterocycles. The molecule has 0 saturated carbocycles.